The number of nitrogens with zero attached hydrogens (tertiary/aromatic N) is 1. The van der Waals surface area contributed by atoms with Gasteiger partial charge < -0.3 is 14.8 Å². The van der Waals surface area contributed by atoms with Crippen molar-refractivity contribution in [2.24, 2.45) is 0 Å². The maximum Gasteiger partial charge on any atom is 0.238 e. The van der Waals surface area contributed by atoms with Crippen molar-refractivity contribution in [1.82, 2.24) is 4.90 Å². The van der Waals surface area contributed by atoms with Crippen LogP contribution in [-0.4, -0.2) is 38.1 Å². The van der Waals surface area contributed by atoms with Gasteiger partial charge in [0.1, 0.15) is 17.3 Å². The summed E-state index contributed by atoms with van der Waals surface area (Å²) in [6, 6.07) is 11.9. The van der Waals surface area contributed by atoms with Crippen LogP contribution < -0.4 is 14.8 Å². The van der Waals surface area contributed by atoms with Gasteiger partial charge in [-0.2, -0.15) is 0 Å². The van der Waals surface area contributed by atoms with Crippen LogP contribution in [0.1, 0.15) is 24.4 Å². The first kappa shape index (κ1) is 18.2. The molecule has 2 aromatic rings. The minimum absolute atomic E-state index is 0.0615. The second-order valence-electron chi connectivity index (χ2n) is 6.26. The van der Waals surface area contributed by atoms with Crippen LogP contribution in [0.5, 0.6) is 11.5 Å². The molecule has 1 N–H and O–H groups in total. The van der Waals surface area contributed by atoms with Crippen LogP contribution in [0.4, 0.5) is 10.1 Å². The van der Waals surface area contributed by atoms with E-state index in [1.54, 1.807) is 32.4 Å². The summed E-state index contributed by atoms with van der Waals surface area (Å²) in [4.78, 5) is 14.5. The Bertz CT molecular complexity index is 781. The molecule has 0 unspecified atom stereocenters. The Morgan fingerprint density at radius 3 is 2.77 bits per heavy atom. The van der Waals surface area contributed by atoms with E-state index in [1.165, 1.54) is 6.07 Å². The summed E-state index contributed by atoms with van der Waals surface area (Å²) in [7, 11) is 3.26. The molecule has 138 valence electrons. The third-order valence-electron chi connectivity index (χ3n) is 4.65. The number of benzene rings is 2. The van der Waals surface area contributed by atoms with Gasteiger partial charge in [0.05, 0.1) is 26.5 Å². The highest BCUT2D eigenvalue weighted by molar-refractivity contribution is 5.92. The fourth-order valence-corrected chi connectivity index (χ4v) is 3.40. The zero-order valence-corrected chi connectivity index (χ0v) is 15.0. The van der Waals surface area contributed by atoms with Crippen molar-refractivity contribution in [2.45, 2.75) is 18.9 Å². The number of methoxy groups -OCH3 is 2. The molecule has 1 aliphatic heterocycles. The number of carbonyl (C=O) groups excluding carboxylic acids is 1. The molecule has 6 heteroatoms. The van der Waals surface area contributed by atoms with Gasteiger partial charge in [0.2, 0.25) is 5.91 Å². The summed E-state index contributed by atoms with van der Waals surface area (Å²) in [6.07, 6.45) is 1.91. The molecule has 0 radical (unpaired) electrons. The van der Waals surface area contributed by atoms with Gasteiger partial charge in [0.15, 0.2) is 0 Å². The lowest BCUT2D eigenvalue weighted by atomic mass is 10.0. The summed E-state index contributed by atoms with van der Waals surface area (Å²) < 4.78 is 24.5. The normalized spacial score (nSPS) is 17.1. The van der Waals surface area contributed by atoms with Crippen molar-refractivity contribution in [2.75, 3.05) is 32.6 Å². The van der Waals surface area contributed by atoms with E-state index in [2.05, 4.69) is 10.2 Å². The van der Waals surface area contributed by atoms with Crippen LogP contribution >= 0.6 is 0 Å². The van der Waals surface area contributed by atoms with Gasteiger partial charge in [-0.15, -0.1) is 0 Å². The Kier molecular flexibility index (Phi) is 5.73. The van der Waals surface area contributed by atoms with E-state index in [1.807, 2.05) is 18.2 Å². The van der Waals surface area contributed by atoms with E-state index in [0.29, 0.717) is 0 Å². The third kappa shape index (κ3) is 3.96. The maximum absolute atomic E-state index is 13.7. The smallest absolute Gasteiger partial charge is 0.238 e. The van der Waals surface area contributed by atoms with E-state index in [0.717, 1.165) is 36.4 Å². The standard InChI is InChI=1S/C20H23FN2O3/c1-25-14-9-10-19(26-2)15(12-14)18-8-5-11-23(18)13-20(24)22-17-7-4-3-6-16(17)21/h3-4,6-7,9-10,12,18H,5,8,11,13H2,1-2H3,(H,22,24)/t18-/m1/s1. The molecular weight excluding hydrogens is 335 g/mol. The van der Waals surface area contributed by atoms with Crippen molar-refractivity contribution in [3.63, 3.8) is 0 Å². The third-order valence-corrected chi connectivity index (χ3v) is 4.65. The second-order valence-corrected chi connectivity index (χ2v) is 6.26. The maximum atomic E-state index is 13.7. The number of para-hydroxylation sites is 1. The van der Waals surface area contributed by atoms with Crippen LogP contribution in [0, 0.1) is 5.82 Å². The molecule has 26 heavy (non-hydrogen) atoms. The molecule has 5 nitrogen and oxygen atoms in total. The lowest BCUT2D eigenvalue weighted by molar-refractivity contribution is -0.117. The molecule has 0 saturated carbocycles. The minimum atomic E-state index is -0.437. The average molecular weight is 358 g/mol. The molecule has 1 saturated heterocycles. The molecule has 1 fully saturated rings. The van der Waals surface area contributed by atoms with E-state index in [4.69, 9.17) is 9.47 Å². The van der Waals surface area contributed by atoms with Crippen LogP contribution in [0.25, 0.3) is 0 Å². The fraction of sp³-hybridized carbons (Fsp3) is 0.350. The van der Waals surface area contributed by atoms with E-state index < -0.39 is 5.82 Å². The zero-order chi connectivity index (χ0) is 18.5. The van der Waals surface area contributed by atoms with Gasteiger partial charge >= 0.3 is 0 Å². The number of anilines is 1. The first-order valence-electron chi connectivity index (χ1n) is 8.62. The zero-order valence-electron chi connectivity index (χ0n) is 15.0. The van der Waals surface area contributed by atoms with Gasteiger partial charge in [0.25, 0.3) is 0 Å². The molecule has 1 aliphatic rings. The summed E-state index contributed by atoms with van der Waals surface area (Å²) in [6.45, 7) is 0.995. The number of rotatable bonds is 6. The van der Waals surface area contributed by atoms with E-state index in [9.17, 15) is 9.18 Å². The Hall–Kier alpha value is -2.60. The van der Waals surface area contributed by atoms with E-state index >= 15 is 0 Å². The SMILES string of the molecule is COc1ccc(OC)c([C@H]2CCCN2CC(=O)Nc2ccccc2F)c1. The van der Waals surface area contributed by atoms with Gasteiger partial charge in [-0.3, -0.25) is 9.69 Å². The van der Waals surface area contributed by atoms with Crippen molar-refractivity contribution < 1.29 is 18.7 Å². The lowest BCUT2D eigenvalue weighted by Crippen LogP contribution is -2.33. The highest BCUT2D eigenvalue weighted by Crippen LogP contribution is 2.38. The topological polar surface area (TPSA) is 50.8 Å². The molecule has 1 atom stereocenters. The first-order valence-corrected chi connectivity index (χ1v) is 8.62. The average Bonchev–Trinajstić information content (AvgIpc) is 3.10. The Balaban J connectivity index is 1.74. The number of amides is 1. The van der Waals surface area contributed by atoms with Crippen molar-refractivity contribution >= 4 is 11.6 Å². The summed E-state index contributed by atoms with van der Waals surface area (Å²) in [5, 5.41) is 2.65. The van der Waals surface area contributed by atoms with Crippen LogP contribution in [-0.2, 0) is 4.79 Å². The Labute approximate surface area is 152 Å². The fourth-order valence-electron chi connectivity index (χ4n) is 3.40. The van der Waals surface area contributed by atoms with Gasteiger partial charge in [0, 0.05) is 11.6 Å². The monoisotopic (exact) mass is 358 g/mol. The highest BCUT2D eigenvalue weighted by atomic mass is 19.1. The quantitative estimate of drug-likeness (QED) is 0.857. The van der Waals surface area contributed by atoms with Gasteiger partial charge in [-0.1, -0.05) is 12.1 Å². The van der Waals surface area contributed by atoms with Crippen molar-refractivity contribution in [3.05, 3.63) is 53.8 Å². The number of nitrogens with one attached hydrogen (secondary N) is 1. The Morgan fingerprint density at radius 2 is 2.04 bits per heavy atom. The van der Waals surface area contributed by atoms with Gasteiger partial charge in [-0.25, -0.2) is 4.39 Å². The number of hydrogen-bond acceptors (Lipinski definition) is 4. The minimum Gasteiger partial charge on any atom is -0.497 e. The Morgan fingerprint density at radius 1 is 1.23 bits per heavy atom. The predicted octanol–water partition coefficient (Wildman–Crippen LogP) is 3.62. The molecular formula is C20H23FN2O3. The summed E-state index contributed by atoms with van der Waals surface area (Å²) in [5.74, 6) is 0.859. The molecule has 2 aromatic carbocycles. The lowest BCUT2D eigenvalue weighted by Gasteiger charge is -2.26. The van der Waals surface area contributed by atoms with E-state index in [-0.39, 0.29) is 24.2 Å². The molecule has 1 heterocycles. The van der Waals surface area contributed by atoms with Crippen LogP contribution in [0.15, 0.2) is 42.5 Å². The van der Waals surface area contributed by atoms with Gasteiger partial charge in [-0.05, 0) is 49.7 Å². The van der Waals surface area contributed by atoms with Crippen molar-refractivity contribution in [1.29, 1.82) is 0 Å². The predicted molar refractivity (Wildman–Crippen MR) is 98.1 cm³/mol. The molecule has 1 amide bonds. The van der Waals surface area contributed by atoms with Crippen LogP contribution in [0.2, 0.25) is 0 Å². The molecule has 0 aliphatic carbocycles. The number of hydrogen-bond donors (Lipinski definition) is 1. The van der Waals surface area contributed by atoms with Crippen molar-refractivity contribution in [3.8, 4) is 11.5 Å². The number of likely N-dealkylation sites (tertiary alicyclic amines) is 1. The number of ether oxygens (including phenoxy) is 2. The number of carbonyl (C=O) groups is 1. The van der Waals surface area contributed by atoms with Crippen LogP contribution in [0.3, 0.4) is 0 Å². The molecule has 0 aromatic heterocycles. The number of halogens is 1. The first-order chi connectivity index (χ1) is 12.6. The summed E-state index contributed by atoms with van der Waals surface area (Å²) >= 11 is 0. The second kappa shape index (κ2) is 8.19. The molecule has 0 bridgehead atoms. The largest absolute Gasteiger partial charge is 0.497 e. The molecule has 3 rings (SSSR count). The molecule has 0 spiro atoms. The summed E-state index contributed by atoms with van der Waals surface area (Å²) in [5.41, 5.74) is 1.20. The highest BCUT2D eigenvalue weighted by Gasteiger charge is 2.30.